The summed E-state index contributed by atoms with van der Waals surface area (Å²) in [4.78, 5) is 25.9. The van der Waals surface area contributed by atoms with Gasteiger partial charge in [-0.15, -0.1) is 0 Å². The molecule has 0 aliphatic carbocycles. The summed E-state index contributed by atoms with van der Waals surface area (Å²) in [7, 11) is 1.95. The lowest BCUT2D eigenvalue weighted by Crippen LogP contribution is -2.51. The molecule has 2 N–H and O–H groups in total. The standard InChI is InChI=1S/C32H30Cl2F2N6O/c1-32(37-2)11-14-41(15-12-32)30(43)22-9-7-21(17-24(22)34)39-31-38-18-19-10-13-42(29-25(35)4-3-5-26(29)36)27-16-20(33)6-8-23(27)28(19)40-31/h3-9,16-18,37H,10-15H2,1-2H3,(H,38,39,40). The minimum Gasteiger partial charge on any atom is -0.338 e. The first-order chi connectivity index (χ1) is 20.7. The van der Waals surface area contributed by atoms with Gasteiger partial charge in [-0.2, -0.15) is 0 Å². The number of hydrogen-bond donors (Lipinski definition) is 2. The van der Waals surface area contributed by atoms with E-state index in [-0.39, 0.29) is 17.1 Å². The van der Waals surface area contributed by atoms with Gasteiger partial charge in [-0.25, -0.2) is 18.7 Å². The number of aromatic nitrogens is 2. The van der Waals surface area contributed by atoms with E-state index in [1.165, 1.54) is 18.2 Å². The van der Waals surface area contributed by atoms with E-state index in [2.05, 4.69) is 22.5 Å². The Bertz CT molecular complexity index is 1690. The van der Waals surface area contributed by atoms with Crippen molar-refractivity contribution in [2.75, 3.05) is 36.9 Å². The first-order valence-electron chi connectivity index (χ1n) is 14.1. The van der Waals surface area contributed by atoms with E-state index < -0.39 is 11.6 Å². The van der Waals surface area contributed by atoms with Crippen LogP contribution in [0, 0.1) is 11.6 Å². The van der Waals surface area contributed by atoms with Gasteiger partial charge in [0.1, 0.15) is 17.3 Å². The molecule has 1 fully saturated rings. The Labute approximate surface area is 258 Å². The summed E-state index contributed by atoms with van der Waals surface area (Å²) in [5.74, 6) is -1.12. The molecule has 7 nitrogen and oxygen atoms in total. The molecule has 11 heteroatoms. The van der Waals surface area contributed by atoms with Crippen LogP contribution in [0.3, 0.4) is 0 Å². The number of halogens is 4. The first kappa shape index (κ1) is 29.3. The molecule has 43 heavy (non-hydrogen) atoms. The summed E-state index contributed by atoms with van der Waals surface area (Å²) in [6, 6.07) is 14.2. The molecule has 3 aromatic carbocycles. The van der Waals surface area contributed by atoms with Crippen LogP contribution in [0.5, 0.6) is 0 Å². The van der Waals surface area contributed by atoms with Crippen LogP contribution in [-0.2, 0) is 6.42 Å². The normalized spacial score (nSPS) is 15.9. The topological polar surface area (TPSA) is 73.4 Å². The minimum atomic E-state index is -0.666. The van der Waals surface area contributed by atoms with Crippen molar-refractivity contribution in [3.05, 3.63) is 93.6 Å². The number of fused-ring (bicyclic) bond motifs is 3. The Balaban J connectivity index is 1.27. The maximum Gasteiger partial charge on any atom is 0.255 e. The van der Waals surface area contributed by atoms with Gasteiger partial charge in [-0.3, -0.25) is 4.79 Å². The Morgan fingerprint density at radius 3 is 2.44 bits per heavy atom. The number of amides is 1. The molecule has 1 saturated heterocycles. The van der Waals surface area contributed by atoms with Crippen LogP contribution < -0.4 is 15.5 Å². The van der Waals surface area contributed by atoms with Gasteiger partial charge in [-0.1, -0.05) is 29.3 Å². The Kier molecular flexibility index (Phi) is 7.98. The van der Waals surface area contributed by atoms with Crippen LogP contribution in [0.15, 0.2) is 60.8 Å². The molecule has 0 bridgehead atoms. The summed E-state index contributed by atoms with van der Waals surface area (Å²) in [6.07, 6.45) is 3.89. The number of likely N-dealkylation sites (tertiary alicyclic amines) is 1. The number of nitrogens with one attached hydrogen (secondary N) is 2. The lowest BCUT2D eigenvalue weighted by atomic mass is 9.89. The average Bonchev–Trinajstić information content (AvgIpc) is 3.14. The molecule has 0 unspecified atom stereocenters. The molecule has 0 saturated carbocycles. The Morgan fingerprint density at radius 2 is 1.74 bits per heavy atom. The molecule has 0 radical (unpaired) electrons. The number of rotatable bonds is 5. The van der Waals surface area contributed by atoms with Gasteiger partial charge in [0.25, 0.3) is 5.91 Å². The highest BCUT2D eigenvalue weighted by Gasteiger charge is 2.31. The fourth-order valence-corrected chi connectivity index (χ4v) is 6.09. The number of carbonyl (C=O) groups excluding carboxylic acids is 1. The molecular weight excluding hydrogens is 593 g/mol. The Morgan fingerprint density at radius 1 is 1.00 bits per heavy atom. The van der Waals surface area contributed by atoms with Gasteiger partial charge in [0.2, 0.25) is 5.95 Å². The van der Waals surface area contributed by atoms with Crippen molar-refractivity contribution in [2.45, 2.75) is 31.7 Å². The quantitative estimate of drug-likeness (QED) is 0.242. The fraction of sp³-hybridized carbons (Fsp3) is 0.281. The van der Waals surface area contributed by atoms with E-state index >= 15 is 0 Å². The van der Waals surface area contributed by atoms with Gasteiger partial charge < -0.3 is 20.4 Å². The number of anilines is 4. The van der Waals surface area contributed by atoms with Crippen LogP contribution in [0.25, 0.3) is 11.3 Å². The number of benzene rings is 3. The summed E-state index contributed by atoms with van der Waals surface area (Å²) in [5, 5.41) is 7.29. The summed E-state index contributed by atoms with van der Waals surface area (Å²) in [6.45, 7) is 3.77. The predicted molar refractivity (Wildman–Crippen MR) is 167 cm³/mol. The number of carbonyl (C=O) groups is 1. The van der Waals surface area contributed by atoms with Gasteiger partial charge in [0, 0.05) is 47.6 Å². The van der Waals surface area contributed by atoms with Gasteiger partial charge in [-0.05, 0) is 87.3 Å². The molecule has 1 amide bonds. The molecule has 0 atom stereocenters. The van der Waals surface area contributed by atoms with E-state index in [0.717, 1.165) is 18.4 Å². The summed E-state index contributed by atoms with van der Waals surface area (Å²) < 4.78 is 29.7. The number of hydrogen-bond acceptors (Lipinski definition) is 6. The zero-order chi connectivity index (χ0) is 30.3. The second-order valence-electron chi connectivity index (χ2n) is 11.1. The van der Waals surface area contributed by atoms with Crippen LogP contribution in [0.4, 0.5) is 31.8 Å². The van der Waals surface area contributed by atoms with Crippen LogP contribution in [-0.4, -0.2) is 53.0 Å². The fourth-order valence-electron chi connectivity index (χ4n) is 5.66. The average molecular weight is 624 g/mol. The second-order valence-corrected chi connectivity index (χ2v) is 12.0. The van der Waals surface area contributed by atoms with E-state index in [1.54, 1.807) is 47.5 Å². The summed E-state index contributed by atoms with van der Waals surface area (Å²) in [5.41, 5.74) is 3.59. The first-order valence-corrected chi connectivity index (χ1v) is 14.8. The van der Waals surface area contributed by atoms with Gasteiger partial charge in [0.15, 0.2) is 0 Å². The van der Waals surface area contributed by atoms with Crippen LogP contribution in [0.2, 0.25) is 10.0 Å². The maximum absolute atomic E-state index is 14.9. The third-order valence-corrected chi connectivity index (χ3v) is 8.94. The molecule has 2 aliphatic rings. The van der Waals surface area contributed by atoms with Crippen molar-refractivity contribution in [1.82, 2.24) is 20.2 Å². The smallest absolute Gasteiger partial charge is 0.255 e. The largest absolute Gasteiger partial charge is 0.338 e. The predicted octanol–water partition coefficient (Wildman–Crippen LogP) is 7.38. The third kappa shape index (κ3) is 5.77. The van der Waals surface area contributed by atoms with Crippen molar-refractivity contribution >= 4 is 52.1 Å². The van der Waals surface area contributed by atoms with Gasteiger partial charge in [0.05, 0.1) is 22.0 Å². The number of para-hydroxylation sites is 1. The van der Waals surface area contributed by atoms with E-state index in [4.69, 9.17) is 28.2 Å². The molecule has 4 aromatic rings. The lowest BCUT2D eigenvalue weighted by Gasteiger charge is -2.39. The van der Waals surface area contributed by atoms with Gasteiger partial charge >= 0.3 is 0 Å². The van der Waals surface area contributed by atoms with Crippen molar-refractivity contribution < 1.29 is 13.6 Å². The molecule has 2 aliphatic heterocycles. The molecular formula is C32H30Cl2F2N6O. The van der Waals surface area contributed by atoms with Crippen molar-refractivity contribution in [3.8, 4) is 11.3 Å². The van der Waals surface area contributed by atoms with Crippen molar-refractivity contribution in [3.63, 3.8) is 0 Å². The highest BCUT2D eigenvalue weighted by molar-refractivity contribution is 6.34. The van der Waals surface area contributed by atoms with E-state index in [0.29, 0.717) is 70.2 Å². The minimum absolute atomic E-state index is 0.0290. The Hall–Kier alpha value is -3.79. The van der Waals surface area contributed by atoms with E-state index in [1.807, 2.05) is 11.9 Å². The monoisotopic (exact) mass is 622 g/mol. The van der Waals surface area contributed by atoms with E-state index in [9.17, 15) is 13.6 Å². The summed E-state index contributed by atoms with van der Waals surface area (Å²) >= 11 is 12.9. The third-order valence-electron chi connectivity index (χ3n) is 8.40. The SMILES string of the molecule is CNC1(C)CCN(C(=O)c2ccc(Nc3ncc4c(n3)-c3ccc(Cl)cc3N(c3c(F)cccc3F)CC4)cc2Cl)CC1. The molecule has 1 aromatic heterocycles. The molecule has 0 spiro atoms. The van der Waals surface area contributed by atoms with Crippen LogP contribution >= 0.6 is 23.2 Å². The zero-order valence-corrected chi connectivity index (χ0v) is 25.2. The van der Waals surface area contributed by atoms with Crippen molar-refractivity contribution in [2.24, 2.45) is 0 Å². The van der Waals surface area contributed by atoms with Crippen LogP contribution in [0.1, 0.15) is 35.7 Å². The molecule has 6 rings (SSSR count). The molecule has 222 valence electrons. The van der Waals surface area contributed by atoms with Crippen molar-refractivity contribution in [1.29, 1.82) is 0 Å². The maximum atomic E-state index is 14.9. The number of piperidine rings is 1. The second kappa shape index (κ2) is 11.7. The molecule has 3 heterocycles. The zero-order valence-electron chi connectivity index (χ0n) is 23.7. The number of nitrogens with zero attached hydrogens (tertiary/aromatic N) is 4. The highest BCUT2D eigenvalue weighted by Crippen LogP contribution is 2.42. The lowest BCUT2D eigenvalue weighted by molar-refractivity contribution is 0.0662. The highest BCUT2D eigenvalue weighted by atomic mass is 35.5.